The Balaban J connectivity index is 3.40. The van der Waals surface area contributed by atoms with Gasteiger partial charge < -0.3 is 5.11 Å². The molecule has 0 saturated carbocycles. The summed E-state index contributed by atoms with van der Waals surface area (Å²) in [4.78, 5) is 12.0. The van der Waals surface area contributed by atoms with Gasteiger partial charge in [0.2, 0.25) is 0 Å². The Labute approximate surface area is 136 Å². The first-order valence-corrected chi connectivity index (χ1v) is 8.10. The van der Waals surface area contributed by atoms with E-state index in [-0.39, 0.29) is 6.42 Å². The van der Waals surface area contributed by atoms with E-state index in [1.807, 2.05) is 0 Å². The fourth-order valence-electron chi connectivity index (χ4n) is 1.48. The summed E-state index contributed by atoms with van der Waals surface area (Å²) in [5.74, 6) is 16.7. The van der Waals surface area contributed by atoms with Gasteiger partial charge in [0, 0.05) is 25.7 Å². The zero-order valence-electron chi connectivity index (χ0n) is 12.3. The van der Waals surface area contributed by atoms with E-state index in [2.05, 4.69) is 51.5 Å². The van der Waals surface area contributed by atoms with E-state index in [9.17, 15) is 4.79 Å². The summed E-state index contributed by atoms with van der Waals surface area (Å²) in [6.45, 7) is 0. The van der Waals surface area contributed by atoms with Gasteiger partial charge in [0.25, 0.3) is 0 Å². The molecule has 0 radical (unpaired) electrons. The van der Waals surface area contributed by atoms with Gasteiger partial charge in [-0.2, -0.15) is 0 Å². The lowest BCUT2D eigenvalue weighted by molar-refractivity contribution is -0.137. The molecular formula is C18H21BrO2. The molecule has 21 heavy (non-hydrogen) atoms. The van der Waals surface area contributed by atoms with Crippen molar-refractivity contribution in [2.45, 2.75) is 57.8 Å². The van der Waals surface area contributed by atoms with Crippen LogP contribution in [0.3, 0.4) is 0 Å². The SMILES string of the molecule is O=C(O)CCCC#CC#CCCCCCCC#C/C=C\Br. The molecule has 0 fully saturated rings. The third-order valence-corrected chi connectivity index (χ3v) is 2.80. The van der Waals surface area contributed by atoms with E-state index >= 15 is 0 Å². The third kappa shape index (κ3) is 18.4. The molecule has 0 rings (SSSR count). The molecular weight excluding hydrogens is 328 g/mol. The second-order valence-corrected chi connectivity index (χ2v) is 4.91. The lowest BCUT2D eigenvalue weighted by atomic mass is 10.1. The first-order valence-electron chi connectivity index (χ1n) is 7.18. The maximum atomic E-state index is 10.3. The summed E-state index contributed by atoms with van der Waals surface area (Å²) in [6.07, 6.45) is 9.60. The molecule has 0 aromatic carbocycles. The standard InChI is InChI=1S/C18H21BrO2/c19-17-15-13-11-9-7-5-3-1-2-4-6-8-10-12-14-16-18(20)21/h15,17H,1-3,5,7,9,12,14,16H2,(H,20,21)/b17-15-. The van der Waals surface area contributed by atoms with Gasteiger partial charge in [-0.25, -0.2) is 0 Å². The van der Waals surface area contributed by atoms with Crippen LogP contribution in [0.5, 0.6) is 0 Å². The average Bonchev–Trinajstić information content (AvgIpc) is 2.46. The largest absolute Gasteiger partial charge is 0.481 e. The minimum absolute atomic E-state index is 0.179. The van der Waals surface area contributed by atoms with Crippen LogP contribution in [0.4, 0.5) is 0 Å². The van der Waals surface area contributed by atoms with Gasteiger partial charge in [0.15, 0.2) is 0 Å². The second-order valence-electron chi connectivity index (χ2n) is 4.38. The molecule has 0 spiro atoms. The van der Waals surface area contributed by atoms with Crippen LogP contribution in [0.25, 0.3) is 0 Å². The molecule has 0 aromatic rings. The number of carboxylic acids is 1. The van der Waals surface area contributed by atoms with Crippen molar-refractivity contribution in [2.24, 2.45) is 0 Å². The molecule has 0 aromatic heterocycles. The average molecular weight is 349 g/mol. The molecule has 112 valence electrons. The van der Waals surface area contributed by atoms with E-state index in [0.29, 0.717) is 12.8 Å². The van der Waals surface area contributed by atoms with Gasteiger partial charge >= 0.3 is 5.97 Å². The van der Waals surface area contributed by atoms with Crippen LogP contribution in [-0.4, -0.2) is 11.1 Å². The first kappa shape index (κ1) is 19.4. The van der Waals surface area contributed by atoms with E-state index in [4.69, 9.17) is 5.11 Å². The van der Waals surface area contributed by atoms with E-state index < -0.39 is 5.97 Å². The monoisotopic (exact) mass is 348 g/mol. The van der Waals surface area contributed by atoms with Gasteiger partial charge in [-0.05, 0) is 42.2 Å². The molecule has 2 nitrogen and oxygen atoms in total. The molecule has 0 saturated heterocycles. The molecule has 0 amide bonds. The van der Waals surface area contributed by atoms with Crippen molar-refractivity contribution in [3.05, 3.63) is 11.1 Å². The molecule has 0 unspecified atom stereocenters. The van der Waals surface area contributed by atoms with Crippen LogP contribution >= 0.6 is 15.9 Å². The molecule has 0 aliphatic heterocycles. The van der Waals surface area contributed by atoms with Crippen molar-refractivity contribution in [1.29, 1.82) is 0 Å². The molecule has 1 N–H and O–H groups in total. The normalized spacial score (nSPS) is 9.00. The van der Waals surface area contributed by atoms with Crippen molar-refractivity contribution in [3.8, 4) is 35.5 Å². The summed E-state index contributed by atoms with van der Waals surface area (Å²) in [7, 11) is 0. The number of hydrogen-bond donors (Lipinski definition) is 1. The van der Waals surface area contributed by atoms with Crippen LogP contribution in [0, 0.1) is 35.5 Å². The van der Waals surface area contributed by atoms with Crippen molar-refractivity contribution >= 4 is 21.9 Å². The maximum Gasteiger partial charge on any atom is 0.303 e. The highest BCUT2D eigenvalue weighted by atomic mass is 79.9. The fourth-order valence-corrected chi connectivity index (χ4v) is 1.62. The van der Waals surface area contributed by atoms with Crippen LogP contribution in [-0.2, 0) is 4.79 Å². The van der Waals surface area contributed by atoms with Gasteiger partial charge in [0.1, 0.15) is 0 Å². The number of rotatable bonds is 8. The quantitative estimate of drug-likeness (QED) is 0.517. The van der Waals surface area contributed by atoms with Gasteiger partial charge in [0.05, 0.1) is 0 Å². The molecule has 0 heterocycles. The first-order chi connectivity index (χ1) is 10.3. The molecule has 3 heteroatoms. The Hall–Kier alpha value is -1.63. The Morgan fingerprint density at radius 1 is 0.905 bits per heavy atom. The van der Waals surface area contributed by atoms with Gasteiger partial charge in [-0.3, -0.25) is 4.79 Å². The predicted octanol–water partition coefficient (Wildman–Crippen LogP) is 4.50. The molecule has 0 aliphatic carbocycles. The number of hydrogen-bond acceptors (Lipinski definition) is 1. The van der Waals surface area contributed by atoms with Crippen LogP contribution in [0.2, 0.25) is 0 Å². The van der Waals surface area contributed by atoms with E-state index in [1.54, 1.807) is 11.1 Å². The predicted molar refractivity (Wildman–Crippen MR) is 90.6 cm³/mol. The number of carboxylic acid groups (broad SMARTS) is 1. The smallest absolute Gasteiger partial charge is 0.303 e. The Morgan fingerprint density at radius 2 is 1.48 bits per heavy atom. The topological polar surface area (TPSA) is 37.3 Å². The Kier molecular flexibility index (Phi) is 15.1. The van der Waals surface area contributed by atoms with E-state index in [1.165, 1.54) is 12.8 Å². The summed E-state index contributed by atoms with van der Waals surface area (Å²) in [6, 6.07) is 0. The summed E-state index contributed by atoms with van der Waals surface area (Å²) < 4.78 is 0. The van der Waals surface area contributed by atoms with Crippen molar-refractivity contribution < 1.29 is 9.90 Å². The van der Waals surface area contributed by atoms with Crippen LogP contribution < -0.4 is 0 Å². The fraction of sp³-hybridized carbons (Fsp3) is 0.500. The van der Waals surface area contributed by atoms with Gasteiger partial charge in [-0.1, -0.05) is 52.5 Å². The maximum absolute atomic E-state index is 10.3. The molecule has 0 aliphatic rings. The number of allylic oxidation sites excluding steroid dienone is 1. The number of aliphatic carboxylic acids is 1. The lowest BCUT2D eigenvalue weighted by Gasteiger charge is -1.94. The summed E-state index contributed by atoms with van der Waals surface area (Å²) in [5.41, 5.74) is 0. The van der Waals surface area contributed by atoms with Crippen molar-refractivity contribution in [1.82, 2.24) is 0 Å². The minimum atomic E-state index is -0.770. The Bertz CT molecular complexity index is 487. The van der Waals surface area contributed by atoms with E-state index in [0.717, 1.165) is 25.7 Å². The van der Waals surface area contributed by atoms with Crippen LogP contribution in [0.15, 0.2) is 11.1 Å². The zero-order chi connectivity index (χ0) is 15.6. The summed E-state index contributed by atoms with van der Waals surface area (Å²) in [5, 5.41) is 8.44. The minimum Gasteiger partial charge on any atom is -0.481 e. The third-order valence-electron chi connectivity index (χ3n) is 2.53. The lowest BCUT2D eigenvalue weighted by Crippen LogP contribution is -1.92. The highest BCUT2D eigenvalue weighted by Gasteiger charge is 1.92. The molecule has 0 atom stereocenters. The number of carbonyl (C=O) groups is 1. The number of halogens is 1. The van der Waals surface area contributed by atoms with Crippen molar-refractivity contribution in [3.63, 3.8) is 0 Å². The van der Waals surface area contributed by atoms with Crippen molar-refractivity contribution in [2.75, 3.05) is 0 Å². The number of unbranched alkanes of at least 4 members (excludes halogenated alkanes) is 6. The van der Waals surface area contributed by atoms with Crippen LogP contribution in [0.1, 0.15) is 57.8 Å². The molecule has 0 bridgehead atoms. The van der Waals surface area contributed by atoms with Gasteiger partial charge in [-0.15, -0.1) is 0 Å². The zero-order valence-corrected chi connectivity index (χ0v) is 13.8. The summed E-state index contributed by atoms with van der Waals surface area (Å²) >= 11 is 3.17. The Morgan fingerprint density at radius 3 is 2.05 bits per heavy atom. The highest BCUT2D eigenvalue weighted by Crippen LogP contribution is 2.04. The second kappa shape index (κ2) is 16.4. The highest BCUT2D eigenvalue weighted by molar-refractivity contribution is 9.11.